The predicted octanol–water partition coefficient (Wildman–Crippen LogP) is 3.31. The van der Waals surface area contributed by atoms with Gasteiger partial charge in [0.2, 0.25) is 5.91 Å². The number of nitrogens with zero attached hydrogens (tertiary/aromatic N) is 1. The highest BCUT2D eigenvalue weighted by atomic mass is 35.5. The van der Waals surface area contributed by atoms with Crippen LogP contribution in [0.25, 0.3) is 6.08 Å². The number of fused-ring (bicyclic) bond motifs is 1. The molecular weight excluding hydrogens is 344 g/mol. The van der Waals surface area contributed by atoms with Gasteiger partial charge in [0, 0.05) is 23.4 Å². The van der Waals surface area contributed by atoms with Crippen molar-refractivity contribution in [3.05, 3.63) is 39.8 Å². The average Bonchev–Trinajstić information content (AvgIpc) is 2.60. The SMILES string of the molecule is CNC(=O)CN1C(=O)/C(=C\c2ccc(Cl)cc2)SC2CCCCC21. The molecule has 0 bridgehead atoms. The number of carbonyl (C=O) groups is 2. The van der Waals surface area contributed by atoms with Gasteiger partial charge in [-0.25, -0.2) is 0 Å². The standard InChI is InChI=1S/C18H21ClN2O2S/c1-20-17(22)11-21-14-4-2-3-5-15(14)24-16(18(21)23)10-12-6-8-13(19)9-7-12/h6-10,14-15H,2-5,11H2,1H3,(H,20,22)/b16-10+. The lowest BCUT2D eigenvalue weighted by atomic mass is 9.93. The molecule has 2 atom stereocenters. The molecule has 0 aromatic heterocycles. The molecule has 1 saturated carbocycles. The van der Waals surface area contributed by atoms with Crippen molar-refractivity contribution < 1.29 is 9.59 Å². The molecule has 0 spiro atoms. The highest BCUT2D eigenvalue weighted by Gasteiger charge is 2.41. The van der Waals surface area contributed by atoms with Crippen LogP contribution in [0.15, 0.2) is 29.2 Å². The molecule has 24 heavy (non-hydrogen) atoms. The van der Waals surface area contributed by atoms with E-state index in [4.69, 9.17) is 11.6 Å². The van der Waals surface area contributed by atoms with Crippen molar-refractivity contribution in [2.75, 3.05) is 13.6 Å². The van der Waals surface area contributed by atoms with Gasteiger partial charge in [-0.3, -0.25) is 9.59 Å². The summed E-state index contributed by atoms with van der Waals surface area (Å²) in [5.41, 5.74) is 0.949. The second kappa shape index (κ2) is 7.62. The largest absolute Gasteiger partial charge is 0.358 e. The molecule has 1 aliphatic carbocycles. The molecule has 3 rings (SSSR count). The van der Waals surface area contributed by atoms with Gasteiger partial charge in [0.15, 0.2) is 0 Å². The van der Waals surface area contributed by atoms with E-state index in [0.29, 0.717) is 15.2 Å². The Balaban J connectivity index is 1.88. The molecular formula is C18H21ClN2O2S. The second-order valence-corrected chi connectivity index (χ2v) is 7.89. The lowest BCUT2D eigenvalue weighted by Crippen LogP contribution is -2.54. The molecule has 6 heteroatoms. The first kappa shape index (κ1) is 17.4. The average molecular weight is 365 g/mol. The summed E-state index contributed by atoms with van der Waals surface area (Å²) < 4.78 is 0. The zero-order valence-corrected chi connectivity index (χ0v) is 15.2. The van der Waals surface area contributed by atoms with Gasteiger partial charge >= 0.3 is 0 Å². The Bertz CT molecular complexity index is 659. The van der Waals surface area contributed by atoms with Crippen molar-refractivity contribution >= 4 is 41.3 Å². The quantitative estimate of drug-likeness (QED) is 0.837. The smallest absolute Gasteiger partial charge is 0.261 e. The molecule has 1 saturated heterocycles. The Labute approximate surface area is 151 Å². The Morgan fingerprint density at radius 3 is 2.75 bits per heavy atom. The Hall–Kier alpha value is -1.46. The molecule has 1 aromatic rings. The summed E-state index contributed by atoms with van der Waals surface area (Å²) in [4.78, 5) is 27.3. The fourth-order valence-corrected chi connectivity index (χ4v) is 4.90. The number of benzene rings is 1. The van der Waals surface area contributed by atoms with Crippen LogP contribution in [0.1, 0.15) is 31.2 Å². The number of likely N-dealkylation sites (N-methyl/N-ethyl adjacent to an activating group) is 1. The number of carbonyl (C=O) groups excluding carboxylic acids is 2. The zero-order chi connectivity index (χ0) is 17.1. The zero-order valence-electron chi connectivity index (χ0n) is 13.6. The van der Waals surface area contributed by atoms with Crippen molar-refractivity contribution in [2.24, 2.45) is 0 Å². The van der Waals surface area contributed by atoms with Crippen molar-refractivity contribution in [2.45, 2.75) is 37.0 Å². The minimum atomic E-state index is -0.120. The molecule has 1 aliphatic heterocycles. The van der Waals surface area contributed by atoms with E-state index >= 15 is 0 Å². The van der Waals surface area contributed by atoms with Gasteiger partial charge in [-0.1, -0.05) is 36.6 Å². The van der Waals surface area contributed by atoms with Crippen molar-refractivity contribution in [3.63, 3.8) is 0 Å². The molecule has 1 heterocycles. The number of amides is 2. The third-order valence-electron chi connectivity index (χ3n) is 4.58. The van der Waals surface area contributed by atoms with Crippen LogP contribution >= 0.6 is 23.4 Å². The van der Waals surface area contributed by atoms with Crippen LogP contribution in [0, 0.1) is 0 Å². The topological polar surface area (TPSA) is 49.4 Å². The Kier molecular flexibility index (Phi) is 5.51. The maximum atomic E-state index is 12.9. The maximum absolute atomic E-state index is 12.9. The summed E-state index contributed by atoms with van der Waals surface area (Å²) in [6, 6.07) is 7.60. The third-order valence-corrected chi connectivity index (χ3v) is 6.23. The van der Waals surface area contributed by atoms with Gasteiger partial charge in [0.25, 0.3) is 5.91 Å². The van der Waals surface area contributed by atoms with Crippen LogP contribution in [0.2, 0.25) is 5.02 Å². The minimum absolute atomic E-state index is 0.0401. The number of hydrogen-bond donors (Lipinski definition) is 1. The second-order valence-electron chi connectivity index (χ2n) is 6.17. The van der Waals surface area contributed by atoms with Gasteiger partial charge in [-0.05, 0) is 36.6 Å². The highest BCUT2D eigenvalue weighted by Crippen LogP contribution is 2.42. The molecule has 2 fully saturated rings. The van der Waals surface area contributed by atoms with Gasteiger partial charge in [0.05, 0.1) is 4.91 Å². The van der Waals surface area contributed by atoms with Crippen LogP contribution in [0.4, 0.5) is 0 Å². The van der Waals surface area contributed by atoms with E-state index in [1.807, 2.05) is 30.3 Å². The van der Waals surface area contributed by atoms with Crippen molar-refractivity contribution in [3.8, 4) is 0 Å². The first-order chi connectivity index (χ1) is 11.6. The molecule has 2 aliphatic rings. The summed E-state index contributed by atoms with van der Waals surface area (Å²) in [6.07, 6.45) is 6.28. The lowest BCUT2D eigenvalue weighted by molar-refractivity contribution is -0.135. The third kappa shape index (κ3) is 3.78. The van der Waals surface area contributed by atoms with Gasteiger partial charge in [-0.2, -0.15) is 0 Å². The number of rotatable bonds is 3. The number of thioether (sulfide) groups is 1. The van der Waals surface area contributed by atoms with Crippen LogP contribution in [-0.2, 0) is 9.59 Å². The first-order valence-electron chi connectivity index (χ1n) is 8.24. The van der Waals surface area contributed by atoms with E-state index in [9.17, 15) is 9.59 Å². The maximum Gasteiger partial charge on any atom is 0.261 e. The van der Waals surface area contributed by atoms with E-state index in [0.717, 1.165) is 24.8 Å². The molecule has 2 amide bonds. The van der Waals surface area contributed by atoms with Crippen molar-refractivity contribution in [1.82, 2.24) is 10.2 Å². The predicted molar refractivity (Wildman–Crippen MR) is 98.8 cm³/mol. The fraction of sp³-hybridized carbons (Fsp3) is 0.444. The lowest BCUT2D eigenvalue weighted by Gasteiger charge is -2.43. The summed E-state index contributed by atoms with van der Waals surface area (Å²) in [5.74, 6) is -0.160. The van der Waals surface area contributed by atoms with Crippen LogP contribution in [0.3, 0.4) is 0 Å². The van der Waals surface area contributed by atoms with E-state index in [1.165, 1.54) is 6.42 Å². The van der Waals surface area contributed by atoms with E-state index in [2.05, 4.69) is 5.32 Å². The fourth-order valence-electron chi connectivity index (χ4n) is 3.31. The molecule has 128 valence electrons. The summed E-state index contributed by atoms with van der Waals surface area (Å²) in [7, 11) is 1.61. The Morgan fingerprint density at radius 2 is 2.04 bits per heavy atom. The molecule has 1 N–H and O–H groups in total. The molecule has 0 radical (unpaired) electrons. The monoisotopic (exact) mass is 364 g/mol. The van der Waals surface area contributed by atoms with Gasteiger partial charge < -0.3 is 10.2 Å². The highest BCUT2D eigenvalue weighted by molar-refractivity contribution is 8.04. The van der Waals surface area contributed by atoms with Gasteiger partial charge in [0.1, 0.15) is 6.54 Å². The van der Waals surface area contributed by atoms with Gasteiger partial charge in [-0.15, -0.1) is 11.8 Å². The van der Waals surface area contributed by atoms with Crippen LogP contribution in [0.5, 0.6) is 0 Å². The van der Waals surface area contributed by atoms with E-state index in [1.54, 1.807) is 23.7 Å². The minimum Gasteiger partial charge on any atom is -0.358 e. The Morgan fingerprint density at radius 1 is 1.33 bits per heavy atom. The summed E-state index contributed by atoms with van der Waals surface area (Å²) >= 11 is 7.59. The number of halogens is 1. The van der Waals surface area contributed by atoms with E-state index < -0.39 is 0 Å². The van der Waals surface area contributed by atoms with E-state index in [-0.39, 0.29) is 24.4 Å². The summed E-state index contributed by atoms with van der Waals surface area (Å²) in [5, 5.41) is 3.67. The van der Waals surface area contributed by atoms with Crippen LogP contribution in [-0.4, -0.2) is 41.6 Å². The molecule has 4 nitrogen and oxygen atoms in total. The summed E-state index contributed by atoms with van der Waals surface area (Å²) in [6.45, 7) is 0.134. The number of hydrogen-bond acceptors (Lipinski definition) is 3. The van der Waals surface area contributed by atoms with Crippen LogP contribution < -0.4 is 5.32 Å². The first-order valence-corrected chi connectivity index (χ1v) is 9.49. The molecule has 2 unspecified atom stereocenters. The number of nitrogens with one attached hydrogen (secondary N) is 1. The van der Waals surface area contributed by atoms with Crippen molar-refractivity contribution in [1.29, 1.82) is 0 Å². The normalized spacial score (nSPS) is 25.5. The molecule has 1 aromatic carbocycles.